The molecule has 9 heteroatoms. The van der Waals surface area contributed by atoms with E-state index in [1.54, 1.807) is 27.7 Å². The first kappa shape index (κ1) is 18.5. The van der Waals surface area contributed by atoms with Crippen molar-refractivity contribution in [2.24, 2.45) is 0 Å². The van der Waals surface area contributed by atoms with Crippen LogP contribution >= 0.6 is 0 Å². The maximum atomic E-state index is 11.6. The molecule has 0 fully saturated rings. The van der Waals surface area contributed by atoms with Crippen LogP contribution in [0.2, 0.25) is 0 Å². The summed E-state index contributed by atoms with van der Waals surface area (Å²) in [4.78, 5) is 21.9. The SMILES string of the molecule is C[C@@H](CCNc1c[n+]([O-])ccc1[N+](=O)[O-])NC(=O)OC(C)(C)C. The summed E-state index contributed by atoms with van der Waals surface area (Å²) in [5.74, 6) is 0. The van der Waals surface area contributed by atoms with Crippen LogP contribution in [0.15, 0.2) is 18.5 Å². The van der Waals surface area contributed by atoms with Crippen molar-refractivity contribution in [3.05, 3.63) is 33.8 Å². The molecule has 23 heavy (non-hydrogen) atoms. The summed E-state index contributed by atoms with van der Waals surface area (Å²) in [5, 5.41) is 27.6. The minimum Gasteiger partial charge on any atom is -0.619 e. The highest BCUT2D eigenvalue weighted by Gasteiger charge is 2.19. The summed E-state index contributed by atoms with van der Waals surface area (Å²) >= 11 is 0. The summed E-state index contributed by atoms with van der Waals surface area (Å²) in [7, 11) is 0. The lowest BCUT2D eigenvalue weighted by atomic mass is 10.2. The number of hydrogen-bond acceptors (Lipinski definition) is 6. The number of nitrogens with one attached hydrogen (secondary N) is 2. The van der Waals surface area contributed by atoms with Gasteiger partial charge in [0.2, 0.25) is 6.20 Å². The van der Waals surface area contributed by atoms with Crippen LogP contribution in [0.3, 0.4) is 0 Å². The summed E-state index contributed by atoms with van der Waals surface area (Å²) in [6.07, 6.45) is 2.15. The third-order valence-corrected chi connectivity index (χ3v) is 2.76. The van der Waals surface area contributed by atoms with Crippen molar-refractivity contribution in [2.75, 3.05) is 11.9 Å². The van der Waals surface area contributed by atoms with Gasteiger partial charge in [-0.1, -0.05) is 0 Å². The van der Waals surface area contributed by atoms with E-state index in [9.17, 15) is 20.1 Å². The van der Waals surface area contributed by atoms with Crippen molar-refractivity contribution in [3.8, 4) is 0 Å². The number of alkyl carbamates (subject to hydrolysis) is 1. The number of amides is 1. The number of ether oxygens (including phenoxy) is 1. The standard InChI is InChI=1S/C14H22N4O5/c1-10(16-13(19)23-14(2,3)4)5-7-15-11-9-17(20)8-6-12(11)18(21)22/h6,8-10,15H,5,7H2,1-4H3,(H,16,19)/t10-/m0/s1. The third kappa shape index (κ3) is 6.81. The average molecular weight is 326 g/mol. The van der Waals surface area contributed by atoms with Crippen LogP contribution in [0.1, 0.15) is 34.1 Å². The van der Waals surface area contributed by atoms with E-state index in [4.69, 9.17) is 4.74 Å². The van der Waals surface area contributed by atoms with Gasteiger partial charge in [-0.3, -0.25) is 10.1 Å². The molecule has 0 unspecified atom stereocenters. The number of nitrogens with zero attached hydrogens (tertiary/aromatic N) is 2. The van der Waals surface area contributed by atoms with Crippen LogP contribution < -0.4 is 15.4 Å². The lowest BCUT2D eigenvalue weighted by Gasteiger charge is -2.22. The van der Waals surface area contributed by atoms with Gasteiger partial charge in [0.05, 0.1) is 11.0 Å². The van der Waals surface area contributed by atoms with E-state index in [1.165, 1.54) is 0 Å². The quantitative estimate of drug-likeness (QED) is 0.357. The van der Waals surface area contributed by atoms with Gasteiger partial charge in [0.1, 0.15) is 5.60 Å². The highest BCUT2D eigenvalue weighted by molar-refractivity contribution is 5.68. The van der Waals surface area contributed by atoms with Gasteiger partial charge in [0.25, 0.3) is 0 Å². The molecule has 1 amide bonds. The Kier molecular flexibility index (Phi) is 6.11. The van der Waals surface area contributed by atoms with Crippen LogP contribution in [-0.2, 0) is 4.74 Å². The van der Waals surface area contributed by atoms with Gasteiger partial charge in [-0.25, -0.2) is 4.79 Å². The molecule has 0 aliphatic rings. The number of carbonyl (C=O) groups excluding carboxylic acids is 1. The first-order valence-corrected chi connectivity index (χ1v) is 7.19. The molecular formula is C14H22N4O5. The van der Waals surface area contributed by atoms with Gasteiger partial charge >= 0.3 is 11.8 Å². The van der Waals surface area contributed by atoms with E-state index in [0.29, 0.717) is 17.7 Å². The van der Waals surface area contributed by atoms with Crippen LogP contribution in [0.5, 0.6) is 0 Å². The van der Waals surface area contributed by atoms with Crippen molar-refractivity contribution >= 4 is 17.5 Å². The van der Waals surface area contributed by atoms with Crippen molar-refractivity contribution in [2.45, 2.75) is 45.8 Å². The number of pyridine rings is 1. The number of anilines is 1. The molecule has 9 nitrogen and oxygen atoms in total. The molecule has 0 radical (unpaired) electrons. The van der Waals surface area contributed by atoms with Gasteiger partial charge in [0.15, 0.2) is 11.9 Å². The molecule has 0 saturated carbocycles. The number of hydrogen-bond donors (Lipinski definition) is 2. The Balaban J connectivity index is 2.49. The van der Waals surface area contributed by atoms with Crippen molar-refractivity contribution in [1.29, 1.82) is 0 Å². The minimum atomic E-state index is -0.575. The Hall–Kier alpha value is -2.58. The fourth-order valence-electron chi connectivity index (χ4n) is 1.77. The van der Waals surface area contributed by atoms with E-state index in [2.05, 4.69) is 10.6 Å². The smallest absolute Gasteiger partial charge is 0.407 e. The fraction of sp³-hybridized carbons (Fsp3) is 0.571. The molecule has 1 rings (SSSR count). The van der Waals surface area contributed by atoms with Gasteiger partial charge in [-0.05, 0) is 34.1 Å². The molecule has 1 heterocycles. The van der Waals surface area contributed by atoms with Gasteiger partial charge < -0.3 is 20.6 Å². The Morgan fingerprint density at radius 1 is 1.48 bits per heavy atom. The van der Waals surface area contributed by atoms with E-state index < -0.39 is 16.6 Å². The van der Waals surface area contributed by atoms with Gasteiger partial charge in [-0.15, -0.1) is 0 Å². The maximum Gasteiger partial charge on any atom is 0.407 e. The molecular weight excluding hydrogens is 304 g/mol. The molecule has 0 bridgehead atoms. The normalized spacial score (nSPS) is 12.3. The summed E-state index contributed by atoms with van der Waals surface area (Å²) in [6, 6.07) is 0.942. The second-order valence-electron chi connectivity index (χ2n) is 6.12. The second-order valence-corrected chi connectivity index (χ2v) is 6.12. The van der Waals surface area contributed by atoms with E-state index in [0.717, 1.165) is 18.5 Å². The summed E-state index contributed by atoms with van der Waals surface area (Å²) in [5.41, 5.74) is -0.615. The van der Waals surface area contributed by atoms with E-state index in [1.807, 2.05) is 0 Å². The minimum absolute atomic E-state index is 0.136. The molecule has 0 aromatic carbocycles. The molecule has 0 aliphatic heterocycles. The van der Waals surface area contributed by atoms with Crippen LogP contribution in [0, 0.1) is 15.3 Å². The Morgan fingerprint density at radius 3 is 2.70 bits per heavy atom. The van der Waals surface area contributed by atoms with Crippen molar-refractivity contribution < 1.29 is 19.2 Å². The maximum absolute atomic E-state index is 11.6. The molecule has 0 saturated heterocycles. The van der Waals surface area contributed by atoms with Crippen LogP contribution in [0.25, 0.3) is 0 Å². The molecule has 1 aromatic rings. The number of aromatic nitrogens is 1. The highest BCUT2D eigenvalue weighted by Crippen LogP contribution is 2.21. The fourth-order valence-corrected chi connectivity index (χ4v) is 1.77. The third-order valence-electron chi connectivity index (χ3n) is 2.76. The molecule has 0 aliphatic carbocycles. The zero-order chi connectivity index (χ0) is 17.6. The molecule has 1 atom stereocenters. The molecule has 2 N–H and O–H groups in total. The average Bonchev–Trinajstić information content (AvgIpc) is 2.35. The number of rotatable bonds is 6. The van der Waals surface area contributed by atoms with Crippen LogP contribution in [-0.4, -0.2) is 29.2 Å². The van der Waals surface area contributed by atoms with Crippen molar-refractivity contribution in [1.82, 2.24) is 5.32 Å². The van der Waals surface area contributed by atoms with Gasteiger partial charge in [-0.2, -0.15) is 4.73 Å². The lowest BCUT2D eigenvalue weighted by Crippen LogP contribution is -2.38. The molecule has 1 aromatic heterocycles. The Morgan fingerprint density at radius 2 is 2.13 bits per heavy atom. The zero-order valence-corrected chi connectivity index (χ0v) is 13.7. The second kappa shape index (κ2) is 7.61. The predicted octanol–water partition coefficient (Wildman–Crippen LogP) is 1.94. The topological polar surface area (TPSA) is 120 Å². The number of nitro groups is 1. The first-order chi connectivity index (χ1) is 10.6. The first-order valence-electron chi connectivity index (χ1n) is 7.19. The van der Waals surface area contributed by atoms with Crippen LogP contribution in [0.4, 0.5) is 16.2 Å². The Bertz CT molecular complexity index is 571. The monoisotopic (exact) mass is 326 g/mol. The molecule has 0 spiro atoms. The Labute approximate surface area is 134 Å². The van der Waals surface area contributed by atoms with Gasteiger partial charge in [0, 0.05) is 12.6 Å². The van der Waals surface area contributed by atoms with E-state index in [-0.39, 0.29) is 17.4 Å². The van der Waals surface area contributed by atoms with E-state index >= 15 is 0 Å². The summed E-state index contributed by atoms with van der Waals surface area (Å²) in [6.45, 7) is 7.45. The lowest BCUT2D eigenvalue weighted by molar-refractivity contribution is -0.605. The predicted molar refractivity (Wildman–Crippen MR) is 84.0 cm³/mol. The zero-order valence-electron chi connectivity index (χ0n) is 13.7. The number of carbonyl (C=O) groups is 1. The highest BCUT2D eigenvalue weighted by atomic mass is 16.6. The molecule has 128 valence electrons. The summed E-state index contributed by atoms with van der Waals surface area (Å²) < 4.78 is 5.62. The largest absolute Gasteiger partial charge is 0.619 e. The van der Waals surface area contributed by atoms with Crippen molar-refractivity contribution in [3.63, 3.8) is 0 Å².